The molecule has 1 saturated heterocycles. The monoisotopic (exact) mass is 309 g/mol. The van der Waals surface area contributed by atoms with Crippen molar-refractivity contribution in [2.45, 2.75) is 37.5 Å². The molecule has 0 spiro atoms. The zero-order chi connectivity index (χ0) is 14.9. The van der Waals surface area contributed by atoms with Crippen LogP contribution in [0.3, 0.4) is 0 Å². The van der Waals surface area contributed by atoms with Crippen LogP contribution in [-0.2, 0) is 19.4 Å². The fraction of sp³-hybridized carbons (Fsp3) is 0.818. The normalized spacial score (nSPS) is 26.1. The van der Waals surface area contributed by atoms with Gasteiger partial charge in [-0.25, -0.2) is 8.42 Å². The average Bonchev–Trinajstić information content (AvgIpc) is 2.50. The van der Waals surface area contributed by atoms with Gasteiger partial charge in [-0.2, -0.15) is 0 Å². The Labute approximate surface area is 117 Å². The number of hydrogen-bond donors (Lipinski definition) is 2. The van der Waals surface area contributed by atoms with Crippen LogP contribution in [-0.4, -0.2) is 52.9 Å². The van der Waals surface area contributed by atoms with Gasteiger partial charge in [0.2, 0.25) is 5.91 Å². The maximum atomic E-state index is 11.8. The Hall–Kier alpha value is -0.760. The van der Waals surface area contributed by atoms with Gasteiger partial charge in [0, 0.05) is 0 Å². The van der Waals surface area contributed by atoms with E-state index in [1.165, 1.54) is 13.8 Å². The number of carbonyl (C=O) groups excluding carboxylic acids is 1. The molecule has 1 amide bonds. The van der Waals surface area contributed by atoms with Crippen LogP contribution in [0.5, 0.6) is 0 Å². The van der Waals surface area contributed by atoms with Gasteiger partial charge in [0.15, 0.2) is 9.84 Å². The summed E-state index contributed by atoms with van der Waals surface area (Å²) in [4.78, 5) is 22.7. The molecule has 0 aromatic rings. The fourth-order valence-corrected chi connectivity index (χ4v) is 4.57. The summed E-state index contributed by atoms with van der Waals surface area (Å²) in [7, 11) is -3.07. The number of rotatable bonds is 5. The van der Waals surface area contributed by atoms with Crippen molar-refractivity contribution in [2.75, 3.05) is 17.3 Å². The first-order valence-corrected chi connectivity index (χ1v) is 8.65. The van der Waals surface area contributed by atoms with Crippen LogP contribution in [0.1, 0.15) is 27.2 Å². The Balaban J connectivity index is 2.51. The number of sulfone groups is 1. The first-order valence-electron chi connectivity index (χ1n) is 5.85. The Morgan fingerprint density at radius 2 is 2.00 bits per heavy atom. The number of amides is 1. The third-order valence-electron chi connectivity index (χ3n) is 3.02. The summed E-state index contributed by atoms with van der Waals surface area (Å²) in [5, 5.41) is 11.6. The maximum Gasteiger partial charge on any atom is 0.319 e. The standard InChI is InChI=1S/C11H19NO5S2/c1-10(2,9(14)15)18-6-8(13)12-11(3)4-5-19(16,17)7-11/h4-7H2,1-3H3,(H,12,13)(H,14,15). The van der Waals surface area contributed by atoms with Crippen molar-refractivity contribution in [3.05, 3.63) is 0 Å². The van der Waals surface area contributed by atoms with Gasteiger partial charge in [0.05, 0.1) is 22.8 Å². The van der Waals surface area contributed by atoms with E-state index in [1.54, 1.807) is 6.92 Å². The molecule has 8 heteroatoms. The second-order valence-electron chi connectivity index (χ2n) is 5.56. The zero-order valence-electron chi connectivity index (χ0n) is 11.2. The predicted octanol–water partition coefficient (Wildman–Crippen LogP) is 0.276. The molecule has 1 rings (SSSR count). The highest BCUT2D eigenvalue weighted by Gasteiger charge is 2.39. The predicted molar refractivity (Wildman–Crippen MR) is 74.0 cm³/mol. The fourth-order valence-electron chi connectivity index (χ4n) is 1.79. The Morgan fingerprint density at radius 1 is 1.42 bits per heavy atom. The minimum atomic E-state index is -3.07. The molecule has 1 aliphatic rings. The molecule has 0 saturated carbocycles. The largest absolute Gasteiger partial charge is 0.480 e. The van der Waals surface area contributed by atoms with E-state index < -0.39 is 26.1 Å². The maximum absolute atomic E-state index is 11.8. The molecule has 1 unspecified atom stereocenters. The van der Waals surface area contributed by atoms with Gasteiger partial charge in [0.1, 0.15) is 4.75 Å². The topological polar surface area (TPSA) is 101 Å². The van der Waals surface area contributed by atoms with Gasteiger partial charge in [-0.1, -0.05) is 0 Å². The summed E-state index contributed by atoms with van der Waals surface area (Å²) < 4.78 is 21.8. The summed E-state index contributed by atoms with van der Waals surface area (Å²) in [6.07, 6.45) is 0.397. The number of carboxylic acids is 1. The third-order valence-corrected chi connectivity index (χ3v) is 6.23. The van der Waals surface area contributed by atoms with Crippen LogP contribution < -0.4 is 5.32 Å². The van der Waals surface area contributed by atoms with Crippen molar-refractivity contribution in [1.82, 2.24) is 5.32 Å². The van der Waals surface area contributed by atoms with E-state index in [4.69, 9.17) is 5.11 Å². The van der Waals surface area contributed by atoms with Crippen LogP contribution in [0.25, 0.3) is 0 Å². The van der Waals surface area contributed by atoms with Crippen molar-refractivity contribution < 1.29 is 23.1 Å². The average molecular weight is 309 g/mol. The number of nitrogens with one attached hydrogen (secondary N) is 1. The minimum Gasteiger partial charge on any atom is -0.480 e. The molecule has 0 bridgehead atoms. The van der Waals surface area contributed by atoms with Crippen LogP contribution in [0.15, 0.2) is 0 Å². The van der Waals surface area contributed by atoms with Gasteiger partial charge < -0.3 is 10.4 Å². The molecule has 6 nitrogen and oxygen atoms in total. The third kappa shape index (κ3) is 4.68. The summed E-state index contributed by atoms with van der Waals surface area (Å²) in [5.41, 5.74) is -0.732. The Morgan fingerprint density at radius 3 is 2.42 bits per heavy atom. The number of hydrogen-bond acceptors (Lipinski definition) is 5. The van der Waals surface area contributed by atoms with Crippen LogP contribution in [0, 0.1) is 0 Å². The van der Waals surface area contributed by atoms with Crippen molar-refractivity contribution in [3.63, 3.8) is 0 Å². The molecule has 0 aliphatic carbocycles. The highest BCUT2D eigenvalue weighted by molar-refractivity contribution is 8.02. The SMILES string of the molecule is CC1(NC(=O)CSC(C)(C)C(=O)O)CCS(=O)(=O)C1. The van der Waals surface area contributed by atoms with E-state index in [9.17, 15) is 18.0 Å². The van der Waals surface area contributed by atoms with Crippen molar-refractivity contribution in [1.29, 1.82) is 0 Å². The van der Waals surface area contributed by atoms with E-state index in [1.807, 2.05) is 0 Å². The highest BCUT2D eigenvalue weighted by Crippen LogP contribution is 2.26. The summed E-state index contributed by atoms with van der Waals surface area (Å²) in [5.74, 6) is -1.30. The Bertz CT molecular complexity index is 485. The summed E-state index contributed by atoms with van der Waals surface area (Å²) >= 11 is 1.02. The smallest absolute Gasteiger partial charge is 0.319 e. The van der Waals surface area contributed by atoms with Crippen LogP contribution >= 0.6 is 11.8 Å². The molecule has 1 fully saturated rings. The molecule has 0 aromatic heterocycles. The molecule has 1 heterocycles. The second kappa shape index (κ2) is 5.32. The molecular weight excluding hydrogens is 290 g/mol. The molecule has 1 atom stereocenters. The summed E-state index contributed by atoms with van der Waals surface area (Å²) in [6.45, 7) is 4.74. The second-order valence-corrected chi connectivity index (χ2v) is 9.34. The van der Waals surface area contributed by atoms with E-state index in [2.05, 4.69) is 5.32 Å². The number of carboxylic acid groups (broad SMARTS) is 1. The lowest BCUT2D eigenvalue weighted by atomic mass is 10.0. The quantitative estimate of drug-likeness (QED) is 0.756. The van der Waals surface area contributed by atoms with Gasteiger partial charge in [0.25, 0.3) is 0 Å². The Kier molecular flexibility index (Phi) is 4.56. The van der Waals surface area contributed by atoms with Crippen molar-refractivity contribution >= 4 is 33.5 Å². The van der Waals surface area contributed by atoms with Crippen molar-refractivity contribution in [3.8, 4) is 0 Å². The lowest BCUT2D eigenvalue weighted by Gasteiger charge is -2.25. The molecule has 19 heavy (non-hydrogen) atoms. The number of carbonyl (C=O) groups is 2. The van der Waals surface area contributed by atoms with Gasteiger partial charge in [-0.05, 0) is 27.2 Å². The molecular formula is C11H19NO5S2. The highest BCUT2D eigenvalue weighted by atomic mass is 32.2. The number of thioether (sulfide) groups is 1. The van der Waals surface area contributed by atoms with E-state index in [0.717, 1.165) is 11.8 Å². The molecule has 1 aliphatic heterocycles. The van der Waals surface area contributed by atoms with Crippen molar-refractivity contribution in [2.24, 2.45) is 0 Å². The van der Waals surface area contributed by atoms with E-state index in [0.29, 0.717) is 6.42 Å². The molecule has 2 N–H and O–H groups in total. The summed E-state index contributed by atoms with van der Waals surface area (Å²) in [6, 6.07) is 0. The number of aliphatic carboxylic acids is 1. The van der Waals surface area contributed by atoms with E-state index in [-0.39, 0.29) is 23.2 Å². The molecule has 0 aromatic carbocycles. The van der Waals surface area contributed by atoms with Gasteiger partial charge in [-0.15, -0.1) is 11.8 Å². The van der Waals surface area contributed by atoms with Crippen LogP contribution in [0.2, 0.25) is 0 Å². The van der Waals surface area contributed by atoms with Gasteiger partial charge in [-0.3, -0.25) is 9.59 Å². The first-order chi connectivity index (χ1) is 8.46. The van der Waals surface area contributed by atoms with Gasteiger partial charge >= 0.3 is 5.97 Å². The molecule has 0 radical (unpaired) electrons. The lowest BCUT2D eigenvalue weighted by Crippen LogP contribution is -2.48. The lowest BCUT2D eigenvalue weighted by molar-refractivity contribution is -0.138. The minimum absolute atomic E-state index is 0.00502. The molecule has 110 valence electrons. The van der Waals surface area contributed by atoms with Crippen LogP contribution in [0.4, 0.5) is 0 Å². The first kappa shape index (κ1) is 16.3. The zero-order valence-corrected chi connectivity index (χ0v) is 12.9. The van der Waals surface area contributed by atoms with E-state index >= 15 is 0 Å².